The molecule has 2 aromatic heterocycles. The normalized spacial score (nSPS) is 18.1. The van der Waals surface area contributed by atoms with E-state index in [2.05, 4.69) is 25.5 Å². The molecule has 1 atom stereocenters. The van der Waals surface area contributed by atoms with Gasteiger partial charge < -0.3 is 19.9 Å². The highest BCUT2D eigenvalue weighted by Gasteiger charge is 2.32. The molecular formula is C25H30ClN7O3. The minimum Gasteiger partial charge on any atom is -0.449 e. The quantitative estimate of drug-likeness (QED) is 0.498. The number of rotatable bonds is 6. The molecule has 1 saturated carbocycles. The molecule has 1 aliphatic carbocycles. The van der Waals surface area contributed by atoms with Crippen LogP contribution < -0.4 is 5.32 Å². The van der Waals surface area contributed by atoms with Gasteiger partial charge >= 0.3 is 6.09 Å². The number of aromatic nitrogens is 4. The maximum absolute atomic E-state index is 13.4. The van der Waals surface area contributed by atoms with Gasteiger partial charge in [-0.3, -0.25) is 9.89 Å². The van der Waals surface area contributed by atoms with E-state index in [4.69, 9.17) is 16.3 Å². The largest absolute Gasteiger partial charge is 0.449 e. The number of hydrogen-bond acceptors (Lipinski definition) is 7. The molecule has 2 N–H and O–H groups in total. The number of benzene rings is 1. The average Bonchev–Trinajstić information content (AvgIpc) is 3.60. The first kappa shape index (κ1) is 24.3. The highest BCUT2D eigenvalue weighted by molar-refractivity contribution is 6.31. The molecule has 0 spiro atoms. The highest BCUT2D eigenvalue weighted by Crippen LogP contribution is 2.40. The van der Waals surface area contributed by atoms with Crippen molar-refractivity contribution in [3.63, 3.8) is 0 Å². The first-order valence-electron chi connectivity index (χ1n) is 12.3. The maximum Gasteiger partial charge on any atom is 0.410 e. The third-order valence-corrected chi connectivity index (χ3v) is 6.63. The number of anilines is 2. The zero-order valence-electron chi connectivity index (χ0n) is 20.6. The van der Waals surface area contributed by atoms with Crippen molar-refractivity contribution in [2.45, 2.75) is 45.6 Å². The second kappa shape index (κ2) is 9.93. The maximum atomic E-state index is 13.4. The van der Waals surface area contributed by atoms with Gasteiger partial charge in [0.15, 0.2) is 5.82 Å². The van der Waals surface area contributed by atoms with Crippen LogP contribution in [0.4, 0.5) is 16.4 Å². The third-order valence-electron chi connectivity index (χ3n) is 6.40. The molecule has 2 amide bonds. The van der Waals surface area contributed by atoms with E-state index in [1.165, 1.54) is 0 Å². The van der Waals surface area contributed by atoms with Gasteiger partial charge in [0.25, 0.3) is 5.91 Å². The van der Waals surface area contributed by atoms with Gasteiger partial charge in [-0.25, -0.2) is 14.8 Å². The fraction of sp³-hybridized carbons (Fsp3) is 0.480. The van der Waals surface area contributed by atoms with Crippen LogP contribution in [0.2, 0.25) is 5.02 Å². The Kier molecular flexibility index (Phi) is 6.70. The van der Waals surface area contributed by atoms with Gasteiger partial charge in [0.2, 0.25) is 5.82 Å². The molecule has 0 radical (unpaired) electrons. The number of piperazine rings is 1. The number of hydrogen-bond donors (Lipinski definition) is 2. The van der Waals surface area contributed by atoms with Gasteiger partial charge in [0.05, 0.1) is 12.1 Å². The Balaban J connectivity index is 1.36. The zero-order chi connectivity index (χ0) is 25.4. The SMILES string of the molecule is CC(C)COC(=O)N1CCN(C(=O)c2nc(Nc3cc(C4CC4)[nH]n3)c3cc(Cl)ccc3n2)CC1C. The van der Waals surface area contributed by atoms with Crippen LogP contribution in [-0.2, 0) is 4.74 Å². The van der Waals surface area contributed by atoms with Gasteiger partial charge in [-0.1, -0.05) is 25.4 Å². The lowest BCUT2D eigenvalue weighted by molar-refractivity contribution is 0.0376. The van der Waals surface area contributed by atoms with Crippen molar-refractivity contribution in [3.05, 3.63) is 40.8 Å². The molecule has 1 aromatic carbocycles. The fourth-order valence-corrected chi connectivity index (χ4v) is 4.46. The summed E-state index contributed by atoms with van der Waals surface area (Å²) in [6.45, 7) is 7.38. The van der Waals surface area contributed by atoms with Crippen molar-refractivity contribution in [1.29, 1.82) is 0 Å². The van der Waals surface area contributed by atoms with E-state index in [0.29, 0.717) is 59.7 Å². The van der Waals surface area contributed by atoms with Gasteiger partial charge in [-0.2, -0.15) is 5.10 Å². The molecule has 1 unspecified atom stereocenters. The number of nitrogens with zero attached hydrogens (tertiary/aromatic N) is 5. The number of carbonyl (C=O) groups is 2. The predicted octanol–water partition coefficient (Wildman–Crippen LogP) is 4.57. The number of H-pyrrole nitrogens is 1. The van der Waals surface area contributed by atoms with Gasteiger partial charge in [-0.05, 0) is 43.9 Å². The molecular weight excluding hydrogens is 482 g/mol. The van der Waals surface area contributed by atoms with Gasteiger partial charge in [0.1, 0.15) is 5.82 Å². The molecule has 2 aliphatic rings. The topological polar surface area (TPSA) is 116 Å². The first-order chi connectivity index (χ1) is 17.3. The van der Waals surface area contributed by atoms with Crippen LogP contribution in [0, 0.1) is 5.92 Å². The molecule has 0 bridgehead atoms. The summed E-state index contributed by atoms with van der Waals surface area (Å²) in [5.41, 5.74) is 1.69. The third kappa shape index (κ3) is 5.23. The van der Waals surface area contributed by atoms with Crippen LogP contribution in [-0.4, -0.2) is 74.2 Å². The summed E-state index contributed by atoms with van der Waals surface area (Å²) < 4.78 is 5.38. The van der Waals surface area contributed by atoms with Crippen molar-refractivity contribution < 1.29 is 14.3 Å². The Morgan fingerprint density at radius 3 is 2.75 bits per heavy atom. The molecule has 190 valence electrons. The summed E-state index contributed by atoms with van der Waals surface area (Å²) in [6, 6.07) is 7.05. The lowest BCUT2D eigenvalue weighted by Gasteiger charge is -2.38. The highest BCUT2D eigenvalue weighted by atomic mass is 35.5. The van der Waals surface area contributed by atoms with E-state index in [0.717, 1.165) is 18.5 Å². The Morgan fingerprint density at radius 1 is 1.22 bits per heavy atom. The lowest BCUT2D eigenvalue weighted by Crippen LogP contribution is -2.55. The number of amides is 2. The molecule has 1 aliphatic heterocycles. The molecule has 36 heavy (non-hydrogen) atoms. The van der Waals surface area contributed by atoms with Gasteiger partial charge in [0, 0.05) is 53.8 Å². The van der Waals surface area contributed by atoms with E-state index < -0.39 is 0 Å². The van der Waals surface area contributed by atoms with Crippen molar-refractivity contribution in [3.8, 4) is 0 Å². The number of fused-ring (bicyclic) bond motifs is 1. The van der Waals surface area contributed by atoms with E-state index >= 15 is 0 Å². The minimum absolute atomic E-state index is 0.0771. The number of ether oxygens (including phenoxy) is 1. The number of aromatic amines is 1. The molecule has 11 heteroatoms. The van der Waals surface area contributed by atoms with Crippen molar-refractivity contribution in [2.24, 2.45) is 5.92 Å². The average molecular weight is 512 g/mol. The summed E-state index contributed by atoms with van der Waals surface area (Å²) >= 11 is 6.24. The number of halogens is 1. The molecule has 2 fully saturated rings. The van der Waals surface area contributed by atoms with E-state index in [1.807, 2.05) is 26.8 Å². The van der Waals surface area contributed by atoms with Crippen LogP contribution in [0.1, 0.15) is 55.8 Å². The monoisotopic (exact) mass is 511 g/mol. The molecule has 3 aromatic rings. The zero-order valence-corrected chi connectivity index (χ0v) is 21.4. The van der Waals surface area contributed by atoms with Crippen LogP contribution >= 0.6 is 11.6 Å². The van der Waals surface area contributed by atoms with E-state index in [1.54, 1.807) is 28.0 Å². The lowest BCUT2D eigenvalue weighted by atomic mass is 10.2. The molecule has 3 heterocycles. The molecule has 5 rings (SSSR count). The standard InChI is InChI=1S/C25H30ClN7O3/c1-14(2)13-36-25(35)33-9-8-32(12-15(33)3)24(34)23-27-19-7-6-17(26)10-18(19)22(29-23)28-21-11-20(30-31-21)16-4-5-16/h6-7,10-11,14-16H,4-5,8-9,12-13H2,1-3H3,(H2,27,28,29,30,31). The summed E-state index contributed by atoms with van der Waals surface area (Å²) in [5.74, 6) is 1.66. The van der Waals surface area contributed by atoms with Crippen molar-refractivity contribution in [2.75, 3.05) is 31.6 Å². The van der Waals surface area contributed by atoms with Crippen molar-refractivity contribution in [1.82, 2.24) is 30.0 Å². The first-order valence-corrected chi connectivity index (χ1v) is 12.7. The Labute approximate surface area is 214 Å². The minimum atomic E-state index is -0.349. The van der Waals surface area contributed by atoms with Crippen LogP contribution in [0.15, 0.2) is 24.3 Å². The van der Waals surface area contributed by atoms with E-state index in [-0.39, 0.29) is 29.8 Å². The fourth-order valence-electron chi connectivity index (χ4n) is 4.29. The van der Waals surface area contributed by atoms with Crippen molar-refractivity contribution >= 4 is 46.1 Å². The Hall–Kier alpha value is -3.40. The molecule has 1 saturated heterocycles. The number of carbonyl (C=O) groups excluding carboxylic acids is 2. The Bertz CT molecular complexity index is 1290. The summed E-state index contributed by atoms with van der Waals surface area (Å²) in [5, 5.41) is 11.9. The van der Waals surface area contributed by atoms with Gasteiger partial charge in [-0.15, -0.1) is 0 Å². The Morgan fingerprint density at radius 2 is 2.03 bits per heavy atom. The predicted molar refractivity (Wildman–Crippen MR) is 137 cm³/mol. The second-order valence-electron chi connectivity index (χ2n) is 9.93. The molecule has 10 nitrogen and oxygen atoms in total. The smallest absolute Gasteiger partial charge is 0.410 e. The summed E-state index contributed by atoms with van der Waals surface area (Å²) in [7, 11) is 0. The van der Waals surface area contributed by atoms with Crippen LogP contribution in [0.5, 0.6) is 0 Å². The number of nitrogens with one attached hydrogen (secondary N) is 2. The summed E-state index contributed by atoms with van der Waals surface area (Å²) in [4.78, 5) is 38.3. The van der Waals surface area contributed by atoms with Crippen LogP contribution in [0.25, 0.3) is 10.9 Å². The summed E-state index contributed by atoms with van der Waals surface area (Å²) in [6.07, 6.45) is 1.97. The second-order valence-corrected chi connectivity index (χ2v) is 10.4. The van der Waals surface area contributed by atoms with Crippen LogP contribution in [0.3, 0.4) is 0 Å². The van der Waals surface area contributed by atoms with E-state index in [9.17, 15) is 9.59 Å².